The van der Waals surface area contributed by atoms with Crippen molar-refractivity contribution in [2.75, 3.05) is 25.0 Å². The van der Waals surface area contributed by atoms with Gasteiger partial charge >= 0.3 is 0 Å². The molecule has 0 unspecified atom stereocenters. The van der Waals surface area contributed by atoms with Gasteiger partial charge < -0.3 is 4.90 Å². The van der Waals surface area contributed by atoms with Gasteiger partial charge in [-0.25, -0.2) is 8.42 Å². The molecule has 1 aromatic carbocycles. The van der Waals surface area contributed by atoms with Crippen molar-refractivity contribution in [2.24, 2.45) is 0 Å². The van der Waals surface area contributed by atoms with Crippen LogP contribution in [0.5, 0.6) is 0 Å². The number of hydrogen-bond donors (Lipinski definition) is 0. The van der Waals surface area contributed by atoms with Gasteiger partial charge in [-0.05, 0) is 42.5 Å². The lowest BCUT2D eigenvalue weighted by atomic mass is 9.92. The van der Waals surface area contributed by atoms with Crippen molar-refractivity contribution in [1.29, 1.82) is 5.26 Å². The lowest BCUT2D eigenvalue weighted by Crippen LogP contribution is -2.39. The molecule has 6 nitrogen and oxygen atoms in total. The molecule has 2 aliphatic rings. The summed E-state index contributed by atoms with van der Waals surface area (Å²) in [5.74, 6) is 0.125. The fourth-order valence-corrected chi connectivity index (χ4v) is 4.55. The summed E-state index contributed by atoms with van der Waals surface area (Å²) in [4.78, 5) is 14.1. The topological polar surface area (TPSA) is 81.5 Å². The molecule has 2 aliphatic heterocycles. The molecule has 3 rings (SSSR count). The Morgan fingerprint density at radius 3 is 2.65 bits per heavy atom. The second-order valence-corrected chi connectivity index (χ2v) is 8.02. The van der Waals surface area contributed by atoms with E-state index in [4.69, 9.17) is 5.26 Å². The summed E-state index contributed by atoms with van der Waals surface area (Å²) in [7, 11) is -2.11. The van der Waals surface area contributed by atoms with Gasteiger partial charge in [-0.2, -0.15) is 9.57 Å². The third-order valence-electron chi connectivity index (χ3n) is 4.49. The summed E-state index contributed by atoms with van der Waals surface area (Å²) in [5.41, 5.74) is 2.80. The van der Waals surface area contributed by atoms with Crippen LogP contribution >= 0.6 is 0 Å². The normalized spacial score (nSPS) is 17.1. The van der Waals surface area contributed by atoms with Crippen LogP contribution < -0.4 is 4.90 Å². The van der Waals surface area contributed by atoms with Crippen LogP contribution in [0.15, 0.2) is 17.0 Å². The van der Waals surface area contributed by atoms with Crippen LogP contribution in [0.2, 0.25) is 0 Å². The predicted octanol–water partition coefficient (Wildman–Crippen LogP) is 1.45. The second kappa shape index (κ2) is 5.95. The van der Waals surface area contributed by atoms with Crippen LogP contribution in [-0.2, 0) is 27.7 Å². The van der Waals surface area contributed by atoms with Gasteiger partial charge in [0.1, 0.15) is 0 Å². The highest BCUT2D eigenvalue weighted by molar-refractivity contribution is 7.89. The third kappa shape index (κ3) is 2.73. The Kier molecular flexibility index (Phi) is 4.13. The van der Waals surface area contributed by atoms with Gasteiger partial charge in [-0.1, -0.05) is 0 Å². The van der Waals surface area contributed by atoms with Crippen LogP contribution in [0, 0.1) is 11.3 Å². The Labute approximate surface area is 136 Å². The van der Waals surface area contributed by atoms with Crippen molar-refractivity contribution in [3.8, 4) is 6.07 Å². The van der Waals surface area contributed by atoms with Crippen LogP contribution in [0.1, 0.15) is 30.4 Å². The summed E-state index contributed by atoms with van der Waals surface area (Å²) in [6, 6.07) is 5.36. The zero-order chi connectivity index (χ0) is 16.6. The molecule has 0 spiro atoms. The van der Waals surface area contributed by atoms with Gasteiger partial charge in [0, 0.05) is 33.0 Å². The Hall–Kier alpha value is -1.91. The molecule has 0 aliphatic carbocycles. The number of amides is 1. The van der Waals surface area contributed by atoms with Crippen LogP contribution in [0.4, 0.5) is 5.69 Å². The van der Waals surface area contributed by atoms with Crippen molar-refractivity contribution in [3.05, 3.63) is 23.3 Å². The quantitative estimate of drug-likeness (QED) is 0.835. The number of nitrogens with zero attached hydrogens (tertiary/aromatic N) is 3. The van der Waals surface area contributed by atoms with Gasteiger partial charge in [0.25, 0.3) is 0 Å². The van der Waals surface area contributed by atoms with E-state index in [0.717, 1.165) is 29.7 Å². The SMILES string of the molecule is CN(CCC#N)S(=O)(=O)c1cc2c3c(c1)CCC(=O)N3CCC2. The van der Waals surface area contributed by atoms with Gasteiger partial charge in [-0.15, -0.1) is 0 Å². The van der Waals surface area contributed by atoms with Crippen LogP contribution in [0.25, 0.3) is 0 Å². The molecule has 7 heteroatoms. The standard InChI is InChI=1S/C16H19N3O3S/c1-18(8-3-7-17)23(21,22)14-10-12-4-2-9-19-15(20)6-5-13(11-14)16(12)19/h10-11H,2-6,8-9H2,1H3. The van der Waals surface area contributed by atoms with Gasteiger partial charge in [0.2, 0.25) is 15.9 Å². The van der Waals surface area contributed by atoms with Crippen molar-refractivity contribution in [2.45, 2.75) is 37.0 Å². The Morgan fingerprint density at radius 1 is 1.26 bits per heavy atom. The largest absolute Gasteiger partial charge is 0.312 e. The van der Waals surface area contributed by atoms with E-state index in [9.17, 15) is 13.2 Å². The molecule has 0 saturated heterocycles. The Morgan fingerprint density at radius 2 is 1.96 bits per heavy atom. The molecule has 2 heterocycles. The molecule has 1 amide bonds. The number of sulfonamides is 1. The molecule has 0 radical (unpaired) electrons. The number of aryl methyl sites for hydroxylation is 2. The van der Waals surface area contributed by atoms with E-state index in [1.54, 1.807) is 17.0 Å². The molecule has 0 aromatic heterocycles. The minimum atomic E-state index is -3.61. The number of nitriles is 1. The molecule has 1 aromatic rings. The zero-order valence-corrected chi connectivity index (χ0v) is 13.9. The van der Waals surface area contributed by atoms with E-state index < -0.39 is 10.0 Å². The summed E-state index contributed by atoms with van der Waals surface area (Å²) in [5, 5.41) is 8.64. The molecular weight excluding hydrogens is 314 g/mol. The number of benzene rings is 1. The number of hydrogen-bond acceptors (Lipinski definition) is 4. The van der Waals surface area contributed by atoms with E-state index in [2.05, 4.69) is 0 Å². The summed E-state index contributed by atoms with van der Waals surface area (Å²) >= 11 is 0. The Bertz CT molecular complexity index is 778. The van der Waals surface area contributed by atoms with Gasteiger partial charge in [0.15, 0.2) is 0 Å². The molecule has 0 bridgehead atoms. The fraction of sp³-hybridized carbons (Fsp3) is 0.500. The average molecular weight is 333 g/mol. The van der Waals surface area contributed by atoms with Crippen LogP contribution in [0.3, 0.4) is 0 Å². The lowest BCUT2D eigenvalue weighted by molar-refractivity contribution is -0.119. The van der Waals surface area contributed by atoms with E-state index in [0.29, 0.717) is 19.4 Å². The number of rotatable bonds is 4. The average Bonchev–Trinajstić information content (AvgIpc) is 2.55. The zero-order valence-electron chi connectivity index (χ0n) is 13.1. The fourth-order valence-electron chi connectivity index (χ4n) is 3.28. The minimum absolute atomic E-state index is 0.125. The highest BCUT2D eigenvalue weighted by Crippen LogP contribution is 2.37. The molecule has 0 saturated carbocycles. The van der Waals surface area contributed by atoms with Crippen molar-refractivity contribution in [3.63, 3.8) is 0 Å². The summed E-state index contributed by atoms with van der Waals surface area (Å²) in [6.07, 6.45) is 2.82. The highest BCUT2D eigenvalue weighted by atomic mass is 32.2. The molecule has 0 N–H and O–H groups in total. The van der Waals surface area contributed by atoms with Gasteiger partial charge in [-0.3, -0.25) is 4.79 Å². The first-order valence-electron chi connectivity index (χ1n) is 7.74. The molecule has 0 atom stereocenters. The number of carbonyl (C=O) groups excluding carboxylic acids is 1. The predicted molar refractivity (Wildman–Crippen MR) is 85.5 cm³/mol. The van der Waals surface area contributed by atoms with Crippen molar-refractivity contribution in [1.82, 2.24) is 4.31 Å². The van der Waals surface area contributed by atoms with Crippen molar-refractivity contribution >= 4 is 21.6 Å². The van der Waals surface area contributed by atoms with E-state index in [1.807, 2.05) is 6.07 Å². The number of carbonyl (C=O) groups is 1. The molecule has 23 heavy (non-hydrogen) atoms. The molecular formula is C16H19N3O3S. The highest BCUT2D eigenvalue weighted by Gasteiger charge is 2.32. The first-order valence-corrected chi connectivity index (χ1v) is 9.18. The molecule has 0 fully saturated rings. The minimum Gasteiger partial charge on any atom is -0.312 e. The summed E-state index contributed by atoms with van der Waals surface area (Å²) < 4.78 is 26.6. The lowest BCUT2D eigenvalue weighted by Gasteiger charge is -2.35. The van der Waals surface area contributed by atoms with E-state index >= 15 is 0 Å². The maximum atomic E-state index is 12.7. The van der Waals surface area contributed by atoms with Crippen molar-refractivity contribution < 1.29 is 13.2 Å². The maximum absolute atomic E-state index is 12.7. The maximum Gasteiger partial charge on any atom is 0.242 e. The first-order chi connectivity index (χ1) is 10.9. The first kappa shape index (κ1) is 16.0. The monoisotopic (exact) mass is 333 g/mol. The second-order valence-electron chi connectivity index (χ2n) is 5.97. The Balaban J connectivity index is 2.04. The van der Waals surface area contributed by atoms with Crippen LogP contribution in [-0.4, -0.2) is 38.8 Å². The van der Waals surface area contributed by atoms with E-state index in [1.165, 1.54) is 11.4 Å². The molecule has 122 valence electrons. The third-order valence-corrected chi connectivity index (χ3v) is 6.33. The number of anilines is 1. The van der Waals surface area contributed by atoms with E-state index in [-0.39, 0.29) is 23.8 Å². The summed E-state index contributed by atoms with van der Waals surface area (Å²) in [6.45, 7) is 0.892. The van der Waals surface area contributed by atoms with Gasteiger partial charge in [0.05, 0.1) is 16.7 Å². The smallest absolute Gasteiger partial charge is 0.242 e.